The summed E-state index contributed by atoms with van der Waals surface area (Å²) in [6, 6.07) is 6.16. The van der Waals surface area contributed by atoms with Crippen molar-refractivity contribution in [3.8, 4) is 11.5 Å². The lowest BCUT2D eigenvalue weighted by Gasteiger charge is -2.33. The standard InChI is InChI=1S/C19H31N3O3/c1-14(2)21-19(23)20-11-16-6-5-9-22(13-16)12-15-7-8-17(24-3)18(10-15)25-4/h7-8,10,14,16H,5-6,9,11-13H2,1-4H3,(H2,20,21,23). The van der Waals surface area contributed by atoms with Crippen molar-refractivity contribution in [3.63, 3.8) is 0 Å². The van der Waals surface area contributed by atoms with Crippen LogP contribution in [0, 0.1) is 5.92 Å². The van der Waals surface area contributed by atoms with Gasteiger partial charge in [-0.05, 0) is 56.8 Å². The zero-order chi connectivity index (χ0) is 18.2. The van der Waals surface area contributed by atoms with Gasteiger partial charge in [0.25, 0.3) is 0 Å². The SMILES string of the molecule is COc1ccc(CN2CCCC(CNC(=O)NC(C)C)C2)cc1OC. The van der Waals surface area contributed by atoms with Gasteiger partial charge in [0.15, 0.2) is 11.5 Å². The van der Waals surface area contributed by atoms with Crippen LogP contribution in [0.5, 0.6) is 11.5 Å². The highest BCUT2D eigenvalue weighted by Crippen LogP contribution is 2.28. The van der Waals surface area contributed by atoms with Gasteiger partial charge >= 0.3 is 6.03 Å². The molecule has 0 aliphatic carbocycles. The van der Waals surface area contributed by atoms with Gasteiger partial charge in [0.1, 0.15) is 0 Å². The first-order valence-corrected chi connectivity index (χ1v) is 8.99. The second-order valence-corrected chi connectivity index (χ2v) is 6.94. The van der Waals surface area contributed by atoms with Crippen LogP contribution in [0.15, 0.2) is 18.2 Å². The van der Waals surface area contributed by atoms with Crippen molar-refractivity contribution in [3.05, 3.63) is 23.8 Å². The number of carbonyl (C=O) groups excluding carboxylic acids is 1. The average molecular weight is 349 g/mol. The number of hydrogen-bond donors (Lipinski definition) is 2. The van der Waals surface area contributed by atoms with E-state index in [0.717, 1.165) is 50.5 Å². The van der Waals surface area contributed by atoms with E-state index in [4.69, 9.17) is 9.47 Å². The van der Waals surface area contributed by atoms with Crippen LogP contribution in [0.2, 0.25) is 0 Å². The number of likely N-dealkylation sites (tertiary alicyclic amines) is 1. The Morgan fingerprint density at radius 3 is 2.72 bits per heavy atom. The topological polar surface area (TPSA) is 62.8 Å². The maximum Gasteiger partial charge on any atom is 0.314 e. The number of benzene rings is 1. The van der Waals surface area contributed by atoms with Gasteiger partial charge in [-0.3, -0.25) is 4.90 Å². The molecule has 140 valence electrons. The second kappa shape index (κ2) is 9.51. The third kappa shape index (κ3) is 6.12. The van der Waals surface area contributed by atoms with Crippen LogP contribution in [0.3, 0.4) is 0 Å². The van der Waals surface area contributed by atoms with Gasteiger partial charge in [0.05, 0.1) is 14.2 Å². The number of nitrogens with one attached hydrogen (secondary N) is 2. The Hall–Kier alpha value is -1.95. The van der Waals surface area contributed by atoms with Crippen molar-refractivity contribution in [1.82, 2.24) is 15.5 Å². The molecule has 1 heterocycles. The monoisotopic (exact) mass is 349 g/mol. The number of methoxy groups -OCH3 is 2. The predicted molar refractivity (Wildman–Crippen MR) is 99.2 cm³/mol. The van der Waals surface area contributed by atoms with Crippen LogP contribution in [-0.4, -0.2) is 50.8 Å². The normalized spacial score (nSPS) is 18.0. The average Bonchev–Trinajstić information content (AvgIpc) is 2.59. The molecule has 25 heavy (non-hydrogen) atoms. The minimum atomic E-state index is -0.0768. The summed E-state index contributed by atoms with van der Waals surface area (Å²) in [6.07, 6.45) is 2.32. The third-order valence-corrected chi connectivity index (χ3v) is 4.43. The summed E-state index contributed by atoms with van der Waals surface area (Å²) >= 11 is 0. The molecule has 1 saturated heterocycles. The molecule has 0 bridgehead atoms. The summed E-state index contributed by atoms with van der Waals surface area (Å²) in [5.41, 5.74) is 1.21. The molecule has 0 aromatic heterocycles. The maximum absolute atomic E-state index is 11.7. The second-order valence-electron chi connectivity index (χ2n) is 6.94. The molecule has 1 aromatic rings. The Balaban J connectivity index is 1.85. The van der Waals surface area contributed by atoms with Crippen molar-refractivity contribution < 1.29 is 14.3 Å². The van der Waals surface area contributed by atoms with Gasteiger partial charge in [0, 0.05) is 25.7 Å². The van der Waals surface area contributed by atoms with E-state index in [1.54, 1.807) is 14.2 Å². The lowest BCUT2D eigenvalue weighted by molar-refractivity contribution is 0.165. The number of ether oxygens (including phenoxy) is 2. The van der Waals surface area contributed by atoms with E-state index < -0.39 is 0 Å². The van der Waals surface area contributed by atoms with Gasteiger partial charge in [-0.15, -0.1) is 0 Å². The lowest BCUT2D eigenvalue weighted by atomic mass is 9.97. The van der Waals surface area contributed by atoms with E-state index in [9.17, 15) is 4.79 Å². The highest BCUT2D eigenvalue weighted by molar-refractivity contribution is 5.74. The van der Waals surface area contributed by atoms with Crippen molar-refractivity contribution in [1.29, 1.82) is 0 Å². The molecular weight excluding hydrogens is 318 g/mol. The smallest absolute Gasteiger partial charge is 0.314 e. The first kappa shape index (κ1) is 19.4. The number of piperidine rings is 1. The summed E-state index contributed by atoms with van der Waals surface area (Å²) in [6.45, 7) is 7.62. The van der Waals surface area contributed by atoms with E-state index in [2.05, 4.69) is 21.6 Å². The molecule has 1 fully saturated rings. The lowest BCUT2D eigenvalue weighted by Crippen LogP contribution is -2.45. The summed E-state index contributed by atoms with van der Waals surface area (Å²) in [4.78, 5) is 14.2. The Morgan fingerprint density at radius 1 is 1.28 bits per heavy atom. The van der Waals surface area contributed by atoms with Crippen molar-refractivity contribution in [2.75, 3.05) is 33.9 Å². The molecule has 2 amide bonds. The number of hydrogen-bond acceptors (Lipinski definition) is 4. The number of carbonyl (C=O) groups is 1. The molecule has 6 nitrogen and oxygen atoms in total. The van der Waals surface area contributed by atoms with Gasteiger partial charge in [-0.2, -0.15) is 0 Å². The zero-order valence-corrected chi connectivity index (χ0v) is 15.8. The molecule has 1 unspecified atom stereocenters. The number of urea groups is 1. The minimum Gasteiger partial charge on any atom is -0.493 e. The first-order chi connectivity index (χ1) is 12.0. The zero-order valence-electron chi connectivity index (χ0n) is 15.8. The quantitative estimate of drug-likeness (QED) is 0.794. The third-order valence-electron chi connectivity index (χ3n) is 4.43. The Kier molecular flexibility index (Phi) is 7.37. The van der Waals surface area contributed by atoms with Crippen molar-refractivity contribution in [2.45, 2.75) is 39.3 Å². The van der Waals surface area contributed by atoms with Gasteiger partial charge in [-0.25, -0.2) is 4.79 Å². The Morgan fingerprint density at radius 2 is 2.04 bits per heavy atom. The van der Waals surface area contributed by atoms with Gasteiger partial charge < -0.3 is 20.1 Å². The minimum absolute atomic E-state index is 0.0768. The highest BCUT2D eigenvalue weighted by Gasteiger charge is 2.21. The molecule has 1 atom stereocenters. The molecule has 1 aliphatic heterocycles. The van der Waals surface area contributed by atoms with Crippen LogP contribution in [-0.2, 0) is 6.54 Å². The fourth-order valence-electron chi connectivity index (χ4n) is 3.25. The van der Waals surface area contributed by atoms with Gasteiger partial charge in [-0.1, -0.05) is 6.07 Å². The molecule has 0 saturated carbocycles. The maximum atomic E-state index is 11.7. The van der Waals surface area contributed by atoms with Crippen molar-refractivity contribution in [2.24, 2.45) is 5.92 Å². The largest absolute Gasteiger partial charge is 0.493 e. The van der Waals surface area contributed by atoms with E-state index in [0.29, 0.717) is 5.92 Å². The molecule has 6 heteroatoms. The van der Waals surface area contributed by atoms with Crippen LogP contribution in [0.1, 0.15) is 32.3 Å². The molecule has 0 spiro atoms. The highest BCUT2D eigenvalue weighted by atomic mass is 16.5. The summed E-state index contributed by atoms with van der Waals surface area (Å²) in [5, 5.41) is 5.86. The van der Waals surface area contributed by atoms with Gasteiger partial charge in [0.2, 0.25) is 0 Å². The number of rotatable bonds is 7. The molecule has 2 rings (SSSR count). The molecule has 2 N–H and O–H groups in total. The van der Waals surface area contributed by atoms with E-state index >= 15 is 0 Å². The van der Waals surface area contributed by atoms with Crippen LogP contribution in [0.4, 0.5) is 4.79 Å². The van der Waals surface area contributed by atoms with Crippen LogP contribution >= 0.6 is 0 Å². The Labute approximate surface area is 150 Å². The summed E-state index contributed by atoms with van der Waals surface area (Å²) in [5.74, 6) is 2.01. The fourth-order valence-corrected chi connectivity index (χ4v) is 3.25. The first-order valence-electron chi connectivity index (χ1n) is 8.99. The molecular formula is C19H31N3O3. The van der Waals surface area contributed by atoms with Crippen LogP contribution < -0.4 is 20.1 Å². The number of nitrogens with zero attached hydrogens (tertiary/aromatic N) is 1. The summed E-state index contributed by atoms with van der Waals surface area (Å²) < 4.78 is 10.7. The summed E-state index contributed by atoms with van der Waals surface area (Å²) in [7, 11) is 3.31. The van der Waals surface area contributed by atoms with Crippen LogP contribution in [0.25, 0.3) is 0 Å². The molecule has 0 radical (unpaired) electrons. The van der Waals surface area contributed by atoms with E-state index in [-0.39, 0.29) is 12.1 Å². The van der Waals surface area contributed by atoms with Crippen molar-refractivity contribution >= 4 is 6.03 Å². The Bertz CT molecular complexity index is 563. The van der Waals surface area contributed by atoms with E-state index in [1.165, 1.54) is 5.56 Å². The fraction of sp³-hybridized carbons (Fsp3) is 0.632. The molecule has 1 aliphatic rings. The molecule has 1 aromatic carbocycles. The predicted octanol–water partition coefficient (Wildman–Crippen LogP) is 2.62. The number of amides is 2. The van der Waals surface area contributed by atoms with E-state index in [1.807, 2.05) is 26.0 Å².